The second-order valence-electron chi connectivity index (χ2n) is 7.56. The summed E-state index contributed by atoms with van der Waals surface area (Å²) in [7, 11) is 0. The van der Waals surface area contributed by atoms with Crippen LogP contribution in [0.25, 0.3) is 21.8 Å². The van der Waals surface area contributed by atoms with Gasteiger partial charge in [-0.1, -0.05) is 41.9 Å². The lowest BCUT2D eigenvalue weighted by atomic mass is 10.1. The zero-order valence-corrected chi connectivity index (χ0v) is 18.3. The summed E-state index contributed by atoms with van der Waals surface area (Å²) in [5, 5.41) is 17.4. The number of aromatic nitrogens is 3. The SMILES string of the molecule is O=C(NCc1ccco1)n1nc(O)c2c(c(=O)c3ccc(Cl)cc3n2Cc2ccccc2)c1=O. The van der Waals surface area contributed by atoms with Crippen LogP contribution in [0, 0.1) is 0 Å². The summed E-state index contributed by atoms with van der Waals surface area (Å²) in [6.45, 7) is 0.213. The Balaban J connectivity index is 1.74. The topological polar surface area (TPSA) is 119 Å². The number of benzene rings is 2. The molecule has 3 heterocycles. The maximum Gasteiger partial charge on any atom is 0.345 e. The average Bonchev–Trinajstić information content (AvgIpc) is 3.36. The Morgan fingerprint density at radius 2 is 1.88 bits per heavy atom. The third-order valence-corrected chi connectivity index (χ3v) is 5.65. The van der Waals surface area contributed by atoms with Crippen molar-refractivity contribution in [3.05, 3.63) is 104 Å². The molecule has 2 N–H and O–H groups in total. The first-order valence-corrected chi connectivity index (χ1v) is 10.6. The van der Waals surface area contributed by atoms with E-state index in [0.717, 1.165) is 5.56 Å². The molecule has 5 rings (SSSR count). The highest BCUT2D eigenvalue weighted by atomic mass is 35.5. The van der Waals surface area contributed by atoms with E-state index in [1.54, 1.807) is 28.8 Å². The number of carbonyl (C=O) groups excluding carboxylic acids is 1. The van der Waals surface area contributed by atoms with Gasteiger partial charge in [0.2, 0.25) is 5.43 Å². The predicted molar refractivity (Wildman–Crippen MR) is 126 cm³/mol. The molecule has 5 aromatic rings. The molecule has 0 spiro atoms. The van der Waals surface area contributed by atoms with Gasteiger partial charge in [0, 0.05) is 17.0 Å². The third-order valence-electron chi connectivity index (χ3n) is 5.41. The van der Waals surface area contributed by atoms with Gasteiger partial charge in [0.05, 0.1) is 18.3 Å². The van der Waals surface area contributed by atoms with Gasteiger partial charge in [-0.25, -0.2) is 4.79 Å². The Kier molecular flexibility index (Phi) is 5.39. The zero-order chi connectivity index (χ0) is 23.8. The summed E-state index contributed by atoms with van der Waals surface area (Å²) < 4.78 is 7.20. The molecule has 0 bridgehead atoms. The highest BCUT2D eigenvalue weighted by Crippen LogP contribution is 2.26. The number of aromatic hydroxyl groups is 1. The molecular weight excluding hydrogens is 460 g/mol. The molecule has 0 unspecified atom stereocenters. The minimum atomic E-state index is -0.951. The van der Waals surface area contributed by atoms with Gasteiger partial charge < -0.3 is 19.4 Å². The lowest BCUT2D eigenvalue weighted by Gasteiger charge is -2.17. The van der Waals surface area contributed by atoms with Crippen molar-refractivity contribution >= 4 is 39.4 Å². The monoisotopic (exact) mass is 476 g/mol. The largest absolute Gasteiger partial charge is 0.491 e. The molecule has 10 heteroatoms. The summed E-state index contributed by atoms with van der Waals surface area (Å²) in [5.74, 6) is -0.183. The normalized spacial score (nSPS) is 11.2. The van der Waals surface area contributed by atoms with Crippen molar-refractivity contribution in [3.63, 3.8) is 0 Å². The first kappa shape index (κ1) is 21.5. The number of nitrogens with one attached hydrogen (secondary N) is 1. The van der Waals surface area contributed by atoms with Crippen molar-refractivity contribution in [1.82, 2.24) is 19.7 Å². The van der Waals surface area contributed by atoms with Crippen LogP contribution < -0.4 is 16.3 Å². The molecule has 0 aliphatic rings. The Labute approximate surface area is 196 Å². The van der Waals surface area contributed by atoms with Crippen molar-refractivity contribution in [2.75, 3.05) is 0 Å². The van der Waals surface area contributed by atoms with Crippen LogP contribution in [0.3, 0.4) is 0 Å². The average molecular weight is 477 g/mol. The first-order valence-electron chi connectivity index (χ1n) is 10.3. The minimum Gasteiger partial charge on any atom is -0.491 e. The molecule has 2 aromatic carbocycles. The Morgan fingerprint density at radius 1 is 1.09 bits per heavy atom. The van der Waals surface area contributed by atoms with E-state index in [2.05, 4.69) is 10.4 Å². The predicted octanol–water partition coefficient (Wildman–Crippen LogP) is 3.47. The molecule has 0 aliphatic carbocycles. The molecule has 0 atom stereocenters. The molecular formula is C24H17ClN4O5. The lowest BCUT2D eigenvalue weighted by molar-refractivity contribution is 0.236. The summed E-state index contributed by atoms with van der Waals surface area (Å²) in [4.78, 5) is 39.3. The van der Waals surface area contributed by atoms with Crippen molar-refractivity contribution in [3.8, 4) is 5.88 Å². The van der Waals surface area contributed by atoms with E-state index >= 15 is 0 Å². The van der Waals surface area contributed by atoms with Crippen molar-refractivity contribution in [1.29, 1.82) is 0 Å². The summed E-state index contributed by atoms with van der Waals surface area (Å²) in [6.07, 6.45) is 1.44. The number of nitrogens with zero attached hydrogens (tertiary/aromatic N) is 3. The molecule has 34 heavy (non-hydrogen) atoms. The number of pyridine rings is 1. The summed E-state index contributed by atoms with van der Waals surface area (Å²) >= 11 is 6.19. The highest BCUT2D eigenvalue weighted by Gasteiger charge is 2.23. The van der Waals surface area contributed by atoms with E-state index in [0.29, 0.717) is 21.0 Å². The van der Waals surface area contributed by atoms with E-state index in [-0.39, 0.29) is 29.4 Å². The Morgan fingerprint density at radius 3 is 2.62 bits per heavy atom. The summed E-state index contributed by atoms with van der Waals surface area (Å²) in [5.41, 5.74) is -0.391. The fraction of sp³-hybridized carbons (Fsp3) is 0.0833. The van der Waals surface area contributed by atoms with Crippen molar-refractivity contribution < 1.29 is 14.3 Å². The van der Waals surface area contributed by atoms with E-state index in [4.69, 9.17) is 16.0 Å². The van der Waals surface area contributed by atoms with Gasteiger partial charge >= 0.3 is 6.03 Å². The molecule has 3 aromatic heterocycles. The van der Waals surface area contributed by atoms with Crippen LogP contribution in [-0.4, -0.2) is 25.5 Å². The zero-order valence-electron chi connectivity index (χ0n) is 17.6. The molecule has 1 amide bonds. The molecule has 0 saturated heterocycles. The number of furan rings is 1. The van der Waals surface area contributed by atoms with Crippen LogP contribution in [0.15, 0.2) is 80.9 Å². The quantitative estimate of drug-likeness (QED) is 0.383. The second kappa shape index (κ2) is 8.53. The molecule has 170 valence electrons. The Hall–Kier alpha value is -4.37. The fourth-order valence-electron chi connectivity index (χ4n) is 3.86. The van der Waals surface area contributed by atoms with E-state index < -0.39 is 22.9 Å². The van der Waals surface area contributed by atoms with Crippen molar-refractivity contribution in [2.45, 2.75) is 13.1 Å². The third kappa shape index (κ3) is 3.71. The standard InChI is InChI=1S/C24H17ClN4O5/c25-15-8-9-17-18(11-15)28(13-14-5-2-1-3-6-14)20-19(21(17)30)23(32)29(27-22(20)31)24(33)26-12-16-7-4-10-34-16/h1-11H,12-13H2,(H,26,33)(H,27,31). The molecule has 0 aliphatic heterocycles. The number of amides is 1. The number of halogens is 1. The smallest absolute Gasteiger partial charge is 0.345 e. The number of fused-ring (bicyclic) bond motifs is 2. The molecule has 0 radical (unpaired) electrons. The van der Waals surface area contributed by atoms with Crippen LogP contribution in [0.4, 0.5) is 4.79 Å². The van der Waals surface area contributed by atoms with Gasteiger partial charge in [-0.15, -0.1) is 9.78 Å². The Bertz CT molecular complexity index is 1660. The number of rotatable bonds is 4. The van der Waals surface area contributed by atoms with Gasteiger partial charge in [-0.3, -0.25) is 9.59 Å². The van der Waals surface area contributed by atoms with Crippen LogP contribution in [0.1, 0.15) is 11.3 Å². The number of hydrogen-bond acceptors (Lipinski definition) is 6. The molecule has 0 saturated carbocycles. The fourth-order valence-corrected chi connectivity index (χ4v) is 4.03. The first-order chi connectivity index (χ1) is 16.4. The maximum absolute atomic E-state index is 13.3. The van der Waals surface area contributed by atoms with Gasteiger partial charge in [0.15, 0.2) is 0 Å². The van der Waals surface area contributed by atoms with Crippen LogP contribution >= 0.6 is 11.6 Å². The lowest BCUT2D eigenvalue weighted by Crippen LogP contribution is -2.39. The summed E-state index contributed by atoms with van der Waals surface area (Å²) in [6, 6.07) is 16.3. The van der Waals surface area contributed by atoms with Crippen LogP contribution in [0.5, 0.6) is 5.88 Å². The molecule has 9 nitrogen and oxygen atoms in total. The van der Waals surface area contributed by atoms with Crippen LogP contribution in [0.2, 0.25) is 5.02 Å². The molecule has 0 fully saturated rings. The van der Waals surface area contributed by atoms with Gasteiger partial charge in [0.1, 0.15) is 16.7 Å². The van der Waals surface area contributed by atoms with E-state index in [1.807, 2.05) is 30.3 Å². The second-order valence-corrected chi connectivity index (χ2v) is 8.00. The maximum atomic E-state index is 13.3. The van der Waals surface area contributed by atoms with Crippen molar-refractivity contribution in [2.24, 2.45) is 0 Å². The minimum absolute atomic E-state index is 0.00674. The van der Waals surface area contributed by atoms with E-state index in [9.17, 15) is 19.5 Å². The number of carbonyl (C=O) groups is 1. The van der Waals surface area contributed by atoms with E-state index in [1.165, 1.54) is 12.3 Å². The van der Waals surface area contributed by atoms with Gasteiger partial charge in [-0.2, -0.15) is 0 Å². The van der Waals surface area contributed by atoms with Crippen LogP contribution in [-0.2, 0) is 13.1 Å². The van der Waals surface area contributed by atoms with Gasteiger partial charge in [0.25, 0.3) is 11.4 Å². The highest BCUT2D eigenvalue weighted by molar-refractivity contribution is 6.31. The van der Waals surface area contributed by atoms with Gasteiger partial charge in [-0.05, 0) is 35.9 Å². The number of hydrogen-bond donors (Lipinski definition) is 2.